The van der Waals surface area contributed by atoms with Gasteiger partial charge in [0.05, 0.1) is 0 Å². The van der Waals surface area contributed by atoms with Gasteiger partial charge in [-0.3, -0.25) is 9.80 Å². The van der Waals surface area contributed by atoms with Crippen LogP contribution in [0.1, 0.15) is 39.5 Å². The van der Waals surface area contributed by atoms with Gasteiger partial charge in [-0.2, -0.15) is 0 Å². The molecule has 0 radical (unpaired) electrons. The molecule has 1 N–H and O–H groups in total. The first-order valence-electron chi connectivity index (χ1n) is 7.50. The highest BCUT2D eigenvalue weighted by molar-refractivity contribution is 4.86. The van der Waals surface area contributed by atoms with Crippen molar-refractivity contribution in [1.82, 2.24) is 15.1 Å². The van der Waals surface area contributed by atoms with Gasteiger partial charge >= 0.3 is 0 Å². The summed E-state index contributed by atoms with van der Waals surface area (Å²) in [5, 5.41) is 3.56. The predicted molar refractivity (Wildman–Crippen MR) is 73.4 cm³/mol. The first-order chi connectivity index (χ1) is 8.31. The summed E-state index contributed by atoms with van der Waals surface area (Å²) in [6.07, 6.45) is 5.43. The second-order valence-corrected chi connectivity index (χ2v) is 5.73. The number of nitrogens with one attached hydrogen (secondary N) is 1. The Hall–Kier alpha value is -0.120. The third-order valence-corrected chi connectivity index (χ3v) is 4.32. The van der Waals surface area contributed by atoms with E-state index in [4.69, 9.17) is 0 Å². The molecule has 0 aromatic rings. The maximum Gasteiger partial charge on any atom is 0.0223 e. The van der Waals surface area contributed by atoms with Crippen molar-refractivity contribution in [2.75, 3.05) is 39.3 Å². The fraction of sp³-hybridized carbons (Fsp3) is 1.00. The van der Waals surface area contributed by atoms with Gasteiger partial charge in [0.1, 0.15) is 0 Å². The highest BCUT2D eigenvalue weighted by Crippen LogP contribution is 2.22. The third-order valence-electron chi connectivity index (χ3n) is 4.32. The van der Waals surface area contributed by atoms with Crippen LogP contribution in [0, 0.1) is 0 Å². The minimum atomic E-state index is 0.696. The summed E-state index contributed by atoms with van der Waals surface area (Å²) in [6, 6.07) is 1.55. The van der Waals surface area contributed by atoms with Gasteiger partial charge in [0.15, 0.2) is 0 Å². The molecule has 0 bridgehead atoms. The van der Waals surface area contributed by atoms with Gasteiger partial charge in [0.25, 0.3) is 0 Å². The van der Waals surface area contributed by atoms with Crippen LogP contribution in [-0.4, -0.2) is 61.2 Å². The Morgan fingerprint density at radius 2 is 2.06 bits per heavy atom. The molecule has 0 saturated carbocycles. The molecular weight excluding hydrogens is 210 g/mol. The van der Waals surface area contributed by atoms with Crippen LogP contribution in [0.2, 0.25) is 0 Å². The molecule has 2 fully saturated rings. The van der Waals surface area contributed by atoms with Crippen molar-refractivity contribution >= 4 is 0 Å². The lowest BCUT2D eigenvalue weighted by molar-refractivity contribution is 0.179. The van der Waals surface area contributed by atoms with Crippen molar-refractivity contribution in [3.05, 3.63) is 0 Å². The average Bonchev–Trinajstić information content (AvgIpc) is 2.66. The Balaban J connectivity index is 1.79. The molecule has 0 amide bonds. The van der Waals surface area contributed by atoms with E-state index in [2.05, 4.69) is 29.0 Å². The fourth-order valence-electron chi connectivity index (χ4n) is 3.25. The van der Waals surface area contributed by atoms with Crippen molar-refractivity contribution in [2.45, 2.75) is 51.6 Å². The van der Waals surface area contributed by atoms with Crippen molar-refractivity contribution in [1.29, 1.82) is 0 Å². The van der Waals surface area contributed by atoms with Crippen LogP contribution >= 0.6 is 0 Å². The van der Waals surface area contributed by atoms with Gasteiger partial charge in [0, 0.05) is 25.2 Å². The van der Waals surface area contributed by atoms with E-state index < -0.39 is 0 Å². The predicted octanol–water partition coefficient (Wildman–Crippen LogP) is 1.54. The van der Waals surface area contributed by atoms with Crippen molar-refractivity contribution in [3.63, 3.8) is 0 Å². The zero-order chi connectivity index (χ0) is 12.1. The number of hydrogen-bond acceptors (Lipinski definition) is 3. The molecule has 100 valence electrons. The van der Waals surface area contributed by atoms with Gasteiger partial charge in [-0.1, -0.05) is 6.92 Å². The molecule has 3 nitrogen and oxygen atoms in total. The SMILES string of the molecule is CCCNCC(C)N1CCCN2CCCC2C1. The van der Waals surface area contributed by atoms with Gasteiger partial charge in [-0.25, -0.2) is 0 Å². The van der Waals surface area contributed by atoms with E-state index in [1.165, 1.54) is 51.9 Å². The molecule has 2 unspecified atom stereocenters. The molecule has 2 aliphatic rings. The third kappa shape index (κ3) is 3.67. The van der Waals surface area contributed by atoms with Gasteiger partial charge in [-0.15, -0.1) is 0 Å². The van der Waals surface area contributed by atoms with Crippen molar-refractivity contribution in [3.8, 4) is 0 Å². The quantitative estimate of drug-likeness (QED) is 0.734. The fourth-order valence-corrected chi connectivity index (χ4v) is 3.25. The lowest BCUT2D eigenvalue weighted by Crippen LogP contribution is -2.44. The zero-order valence-corrected chi connectivity index (χ0v) is 11.6. The number of fused-ring (bicyclic) bond motifs is 1. The Labute approximate surface area is 107 Å². The topological polar surface area (TPSA) is 18.5 Å². The molecular formula is C14H29N3. The Morgan fingerprint density at radius 1 is 1.24 bits per heavy atom. The molecule has 2 aliphatic heterocycles. The van der Waals surface area contributed by atoms with E-state index in [9.17, 15) is 0 Å². The van der Waals surface area contributed by atoms with Crippen LogP contribution in [-0.2, 0) is 0 Å². The smallest absolute Gasteiger partial charge is 0.0223 e. The zero-order valence-electron chi connectivity index (χ0n) is 11.6. The summed E-state index contributed by atoms with van der Waals surface area (Å²) >= 11 is 0. The van der Waals surface area contributed by atoms with Crippen LogP contribution in [0.5, 0.6) is 0 Å². The van der Waals surface area contributed by atoms with Crippen LogP contribution in [0.4, 0.5) is 0 Å². The standard InChI is InChI=1S/C14H29N3/c1-3-7-15-11-13(2)17-10-5-9-16-8-4-6-14(16)12-17/h13-15H,3-12H2,1-2H3. The monoisotopic (exact) mass is 239 g/mol. The second kappa shape index (κ2) is 6.72. The van der Waals surface area contributed by atoms with Crippen LogP contribution < -0.4 is 5.32 Å². The van der Waals surface area contributed by atoms with Gasteiger partial charge in [-0.05, 0) is 58.8 Å². The van der Waals surface area contributed by atoms with Crippen molar-refractivity contribution < 1.29 is 0 Å². The summed E-state index contributed by atoms with van der Waals surface area (Å²) in [5.41, 5.74) is 0. The van der Waals surface area contributed by atoms with Crippen LogP contribution in [0.25, 0.3) is 0 Å². The molecule has 2 rings (SSSR count). The molecule has 3 heteroatoms. The molecule has 0 aliphatic carbocycles. The minimum Gasteiger partial charge on any atom is -0.315 e. The lowest BCUT2D eigenvalue weighted by atomic mass is 10.2. The summed E-state index contributed by atoms with van der Waals surface area (Å²) in [7, 11) is 0. The summed E-state index contributed by atoms with van der Waals surface area (Å²) < 4.78 is 0. The summed E-state index contributed by atoms with van der Waals surface area (Å²) in [6.45, 7) is 12.2. The van der Waals surface area contributed by atoms with Gasteiger partial charge < -0.3 is 5.32 Å². The largest absolute Gasteiger partial charge is 0.315 e. The van der Waals surface area contributed by atoms with Gasteiger partial charge in [0.2, 0.25) is 0 Å². The Morgan fingerprint density at radius 3 is 2.88 bits per heavy atom. The van der Waals surface area contributed by atoms with Crippen LogP contribution in [0.3, 0.4) is 0 Å². The van der Waals surface area contributed by atoms with E-state index in [0.29, 0.717) is 6.04 Å². The first-order valence-corrected chi connectivity index (χ1v) is 7.50. The lowest BCUT2D eigenvalue weighted by Gasteiger charge is -2.30. The average molecular weight is 239 g/mol. The number of rotatable bonds is 5. The van der Waals surface area contributed by atoms with E-state index >= 15 is 0 Å². The van der Waals surface area contributed by atoms with E-state index in [1.54, 1.807) is 0 Å². The molecule has 0 aromatic carbocycles. The Bertz CT molecular complexity index is 220. The molecule has 2 heterocycles. The maximum absolute atomic E-state index is 3.56. The molecule has 2 saturated heterocycles. The minimum absolute atomic E-state index is 0.696. The second-order valence-electron chi connectivity index (χ2n) is 5.73. The van der Waals surface area contributed by atoms with Crippen LogP contribution in [0.15, 0.2) is 0 Å². The van der Waals surface area contributed by atoms with E-state index in [-0.39, 0.29) is 0 Å². The van der Waals surface area contributed by atoms with Crippen molar-refractivity contribution in [2.24, 2.45) is 0 Å². The van der Waals surface area contributed by atoms with E-state index in [1.807, 2.05) is 0 Å². The highest BCUT2D eigenvalue weighted by Gasteiger charge is 2.29. The summed E-state index contributed by atoms with van der Waals surface area (Å²) in [4.78, 5) is 5.42. The molecule has 17 heavy (non-hydrogen) atoms. The number of hydrogen-bond donors (Lipinski definition) is 1. The first kappa shape index (κ1) is 13.3. The highest BCUT2D eigenvalue weighted by atomic mass is 15.3. The number of nitrogens with zero attached hydrogens (tertiary/aromatic N) is 2. The summed E-state index contributed by atoms with van der Waals surface area (Å²) in [5.74, 6) is 0. The molecule has 0 aromatic heterocycles. The van der Waals surface area contributed by atoms with E-state index in [0.717, 1.165) is 19.1 Å². The molecule has 0 spiro atoms. The maximum atomic E-state index is 3.56. The normalized spacial score (nSPS) is 28.9. The molecule has 2 atom stereocenters. The Kier molecular flexibility index (Phi) is 5.26.